The van der Waals surface area contributed by atoms with Gasteiger partial charge in [0.25, 0.3) is 0 Å². The van der Waals surface area contributed by atoms with E-state index in [1.54, 1.807) is 0 Å². The zero-order valence-corrected chi connectivity index (χ0v) is 14.8. The lowest BCUT2D eigenvalue weighted by molar-refractivity contribution is -0.125. The highest BCUT2D eigenvalue weighted by atomic mass is 16.2. The first kappa shape index (κ1) is 17.7. The molecule has 3 aliphatic rings. The van der Waals surface area contributed by atoms with Gasteiger partial charge in [0.1, 0.15) is 5.54 Å². The van der Waals surface area contributed by atoms with E-state index < -0.39 is 11.6 Å². The highest BCUT2D eigenvalue weighted by Gasteiger charge is 2.43. The summed E-state index contributed by atoms with van der Waals surface area (Å²) in [6.07, 6.45) is 12.8. The van der Waals surface area contributed by atoms with Crippen LogP contribution in [-0.2, 0) is 4.79 Å². The van der Waals surface area contributed by atoms with Crippen LogP contribution in [0.4, 0.5) is 0 Å². The number of hydrogen-bond donors (Lipinski definition) is 2. The van der Waals surface area contributed by atoms with Crippen LogP contribution in [0.1, 0.15) is 70.6 Å². The molecule has 0 aromatic rings. The van der Waals surface area contributed by atoms with E-state index in [0.29, 0.717) is 12.6 Å². The summed E-state index contributed by atoms with van der Waals surface area (Å²) < 4.78 is 0. The van der Waals surface area contributed by atoms with Gasteiger partial charge in [-0.1, -0.05) is 38.5 Å². The normalized spacial score (nSPS) is 31.5. The molecule has 3 N–H and O–H groups in total. The van der Waals surface area contributed by atoms with E-state index in [0.717, 1.165) is 25.8 Å². The molecule has 5 heteroatoms. The minimum absolute atomic E-state index is 0.117. The Hall–Kier alpha value is -1.12. The number of nitriles is 1. The topological polar surface area (TPSA) is 82.1 Å². The van der Waals surface area contributed by atoms with Crippen molar-refractivity contribution in [1.29, 1.82) is 5.26 Å². The van der Waals surface area contributed by atoms with Gasteiger partial charge in [0.05, 0.1) is 12.1 Å². The number of rotatable bonds is 4. The fourth-order valence-corrected chi connectivity index (χ4v) is 4.84. The number of nitrogens with zero attached hydrogens (tertiary/aromatic N) is 2. The Morgan fingerprint density at radius 3 is 2.38 bits per heavy atom. The fourth-order valence-electron chi connectivity index (χ4n) is 4.84. The molecule has 2 saturated carbocycles. The Balaban J connectivity index is 1.57. The molecule has 0 bridgehead atoms. The van der Waals surface area contributed by atoms with E-state index in [1.165, 1.54) is 51.4 Å². The van der Waals surface area contributed by atoms with Gasteiger partial charge in [-0.15, -0.1) is 0 Å². The second-order valence-electron chi connectivity index (χ2n) is 8.12. The quantitative estimate of drug-likeness (QED) is 0.827. The smallest absolute Gasteiger partial charge is 0.238 e. The molecule has 1 aliphatic heterocycles. The summed E-state index contributed by atoms with van der Waals surface area (Å²) in [4.78, 5) is 15.1. The van der Waals surface area contributed by atoms with Crippen LogP contribution in [0.25, 0.3) is 0 Å². The third-order valence-corrected chi connectivity index (χ3v) is 6.43. The van der Waals surface area contributed by atoms with Crippen LogP contribution < -0.4 is 11.1 Å². The number of likely N-dealkylation sites (tertiary alicyclic amines) is 1. The first-order valence-electron chi connectivity index (χ1n) is 9.86. The molecule has 5 nitrogen and oxygen atoms in total. The van der Waals surface area contributed by atoms with Crippen molar-refractivity contribution in [3.8, 4) is 6.07 Å². The third-order valence-electron chi connectivity index (χ3n) is 6.43. The molecular formula is C19H32N4O. The molecule has 1 heterocycles. The maximum atomic E-state index is 12.6. The van der Waals surface area contributed by atoms with Crippen molar-refractivity contribution in [2.24, 2.45) is 11.7 Å². The van der Waals surface area contributed by atoms with Crippen molar-refractivity contribution >= 4 is 5.91 Å². The van der Waals surface area contributed by atoms with Gasteiger partial charge in [-0.25, -0.2) is 0 Å². The van der Waals surface area contributed by atoms with E-state index in [1.807, 2.05) is 0 Å². The average Bonchev–Trinajstić information content (AvgIpc) is 3.07. The number of carbonyl (C=O) groups is 1. The molecule has 3 fully saturated rings. The van der Waals surface area contributed by atoms with Crippen molar-refractivity contribution in [2.45, 2.75) is 88.3 Å². The van der Waals surface area contributed by atoms with Gasteiger partial charge in [-0.3, -0.25) is 9.69 Å². The molecule has 1 saturated heterocycles. The number of nitrogens with one attached hydrogen (secondary N) is 1. The molecule has 0 spiro atoms. The minimum Gasteiger partial charge on any atom is -0.335 e. The van der Waals surface area contributed by atoms with Crippen LogP contribution in [0.2, 0.25) is 0 Å². The molecule has 1 amide bonds. The first-order chi connectivity index (χ1) is 11.6. The van der Waals surface area contributed by atoms with Gasteiger partial charge in [0.15, 0.2) is 0 Å². The molecule has 0 aromatic carbocycles. The monoisotopic (exact) mass is 332 g/mol. The average molecular weight is 332 g/mol. The van der Waals surface area contributed by atoms with Crippen molar-refractivity contribution < 1.29 is 4.79 Å². The third kappa shape index (κ3) is 3.92. The predicted octanol–water partition coefficient (Wildman–Crippen LogP) is 2.31. The van der Waals surface area contributed by atoms with Crippen LogP contribution in [-0.4, -0.2) is 41.5 Å². The summed E-state index contributed by atoms with van der Waals surface area (Å²) in [5.74, 6) is 0.166. The van der Waals surface area contributed by atoms with E-state index >= 15 is 0 Å². The molecule has 2 aliphatic carbocycles. The SMILES string of the molecule is N#CC1(NC(=O)C(N)C2CCCCC2)CCN(C2CCCCC2)C1. The first-order valence-corrected chi connectivity index (χ1v) is 9.86. The summed E-state index contributed by atoms with van der Waals surface area (Å²) in [6.45, 7) is 1.58. The predicted molar refractivity (Wildman–Crippen MR) is 94.1 cm³/mol. The number of carbonyl (C=O) groups excluding carboxylic acids is 1. The van der Waals surface area contributed by atoms with Gasteiger partial charge in [-0.05, 0) is 38.0 Å². The highest BCUT2D eigenvalue weighted by molar-refractivity contribution is 5.83. The van der Waals surface area contributed by atoms with Gasteiger partial charge < -0.3 is 11.1 Å². The lowest BCUT2D eigenvalue weighted by Gasteiger charge is -2.33. The molecule has 2 atom stereocenters. The zero-order chi connectivity index (χ0) is 17.0. The molecule has 0 aromatic heterocycles. The maximum absolute atomic E-state index is 12.6. The second kappa shape index (κ2) is 7.84. The van der Waals surface area contributed by atoms with Crippen LogP contribution >= 0.6 is 0 Å². The van der Waals surface area contributed by atoms with Crippen LogP contribution in [0, 0.1) is 17.2 Å². The summed E-state index contributed by atoms with van der Waals surface area (Å²) >= 11 is 0. The Kier molecular flexibility index (Phi) is 5.78. The minimum atomic E-state index is -0.735. The van der Waals surface area contributed by atoms with Crippen molar-refractivity contribution in [1.82, 2.24) is 10.2 Å². The summed E-state index contributed by atoms with van der Waals surface area (Å²) in [5.41, 5.74) is 5.49. The molecule has 2 unspecified atom stereocenters. The molecule has 3 rings (SSSR count). The van der Waals surface area contributed by atoms with E-state index in [-0.39, 0.29) is 11.8 Å². The molecule has 0 radical (unpaired) electrons. The van der Waals surface area contributed by atoms with Crippen LogP contribution in [0.5, 0.6) is 0 Å². The van der Waals surface area contributed by atoms with E-state index in [9.17, 15) is 10.1 Å². The lowest BCUT2D eigenvalue weighted by atomic mass is 9.83. The Morgan fingerprint density at radius 1 is 1.12 bits per heavy atom. The number of nitrogens with two attached hydrogens (primary N) is 1. The Morgan fingerprint density at radius 2 is 1.75 bits per heavy atom. The van der Waals surface area contributed by atoms with E-state index in [2.05, 4.69) is 16.3 Å². The summed E-state index contributed by atoms with van der Waals surface area (Å²) in [5, 5.41) is 12.8. The molecule has 134 valence electrons. The number of amides is 1. The standard InChI is InChI=1S/C19H32N4O/c20-13-19(11-12-23(14-19)16-9-5-2-6-10-16)22-18(24)17(21)15-7-3-1-4-8-15/h15-17H,1-12,14,21H2,(H,22,24). The van der Waals surface area contributed by atoms with E-state index in [4.69, 9.17) is 5.73 Å². The Bertz CT molecular complexity index is 476. The maximum Gasteiger partial charge on any atom is 0.238 e. The molecule has 24 heavy (non-hydrogen) atoms. The van der Waals surface area contributed by atoms with Crippen molar-refractivity contribution in [3.05, 3.63) is 0 Å². The number of hydrogen-bond acceptors (Lipinski definition) is 4. The van der Waals surface area contributed by atoms with Crippen LogP contribution in [0.3, 0.4) is 0 Å². The van der Waals surface area contributed by atoms with Crippen LogP contribution in [0.15, 0.2) is 0 Å². The van der Waals surface area contributed by atoms with Gasteiger partial charge in [0, 0.05) is 19.1 Å². The highest BCUT2D eigenvalue weighted by Crippen LogP contribution is 2.30. The van der Waals surface area contributed by atoms with Crippen molar-refractivity contribution in [3.63, 3.8) is 0 Å². The fraction of sp³-hybridized carbons (Fsp3) is 0.895. The lowest BCUT2D eigenvalue weighted by Crippen LogP contribution is -2.56. The molecular weight excluding hydrogens is 300 g/mol. The van der Waals surface area contributed by atoms with Gasteiger partial charge >= 0.3 is 0 Å². The van der Waals surface area contributed by atoms with Crippen molar-refractivity contribution in [2.75, 3.05) is 13.1 Å². The second-order valence-corrected chi connectivity index (χ2v) is 8.12. The van der Waals surface area contributed by atoms with Gasteiger partial charge in [0.2, 0.25) is 5.91 Å². The summed E-state index contributed by atoms with van der Waals surface area (Å²) in [6, 6.07) is 2.54. The largest absolute Gasteiger partial charge is 0.335 e. The Labute approximate surface area is 145 Å². The van der Waals surface area contributed by atoms with Gasteiger partial charge in [-0.2, -0.15) is 5.26 Å². The zero-order valence-electron chi connectivity index (χ0n) is 14.8. The summed E-state index contributed by atoms with van der Waals surface area (Å²) in [7, 11) is 0.